The van der Waals surface area contributed by atoms with E-state index in [4.69, 9.17) is 0 Å². The number of likely N-dealkylation sites (tertiary alicyclic amines) is 1. The molecule has 6 nitrogen and oxygen atoms in total. The van der Waals surface area contributed by atoms with Gasteiger partial charge in [0.2, 0.25) is 0 Å². The molecule has 2 aliphatic rings. The Bertz CT molecular complexity index is 1280. The summed E-state index contributed by atoms with van der Waals surface area (Å²) in [6, 6.07) is 13.4. The predicted molar refractivity (Wildman–Crippen MR) is 123 cm³/mol. The van der Waals surface area contributed by atoms with Crippen LogP contribution in [0.3, 0.4) is 0 Å². The number of alkyl halides is 3. The minimum atomic E-state index is -4.45. The third-order valence-corrected chi connectivity index (χ3v) is 6.77. The summed E-state index contributed by atoms with van der Waals surface area (Å²) < 4.78 is 40.2. The molecule has 0 bridgehead atoms. The molecular weight excluding hydrogens is 457 g/mol. The summed E-state index contributed by atoms with van der Waals surface area (Å²) in [4.78, 5) is 29.9. The van der Waals surface area contributed by atoms with Crippen molar-refractivity contribution in [1.82, 2.24) is 19.6 Å². The zero-order valence-corrected chi connectivity index (χ0v) is 19.6. The summed E-state index contributed by atoms with van der Waals surface area (Å²) in [5, 5.41) is 4.65. The van der Waals surface area contributed by atoms with E-state index in [9.17, 15) is 22.8 Å². The van der Waals surface area contributed by atoms with Gasteiger partial charge >= 0.3 is 6.18 Å². The van der Waals surface area contributed by atoms with E-state index in [0.29, 0.717) is 18.8 Å². The maximum absolute atomic E-state index is 13.7. The molecule has 1 aromatic heterocycles. The number of benzene rings is 2. The van der Waals surface area contributed by atoms with Crippen molar-refractivity contribution in [2.24, 2.45) is 5.92 Å². The van der Waals surface area contributed by atoms with E-state index in [0.717, 1.165) is 29.1 Å². The fourth-order valence-corrected chi connectivity index (χ4v) is 5.07. The lowest BCUT2D eigenvalue weighted by atomic mass is 9.94. The first-order valence-electron chi connectivity index (χ1n) is 11.5. The van der Waals surface area contributed by atoms with Gasteiger partial charge < -0.3 is 9.80 Å². The molecule has 9 heteroatoms. The standard InChI is InChI=1S/C26H25F3N4O2/c1-15(2)22-21-16(3)30-33(19-7-5-4-6-8-19)23(21)25(35)32(22)20-13-31(14-20)24(34)17-9-11-18(12-10-17)26(27,28)29/h4-12,15,20,22H,13-14H2,1-3H3. The molecule has 2 amide bonds. The summed E-state index contributed by atoms with van der Waals surface area (Å²) in [5.74, 6) is -0.325. The van der Waals surface area contributed by atoms with Gasteiger partial charge in [-0.05, 0) is 49.2 Å². The number of nitrogens with zero attached hydrogens (tertiary/aromatic N) is 4. The van der Waals surface area contributed by atoms with Crippen molar-refractivity contribution >= 4 is 11.8 Å². The highest BCUT2D eigenvalue weighted by Crippen LogP contribution is 2.44. The molecule has 3 heterocycles. The highest BCUT2D eigenvalue weighted by Gasteiger charge is 2.50. The average molecular weight is 483 g/mol. The summed E-state index contributed by atoms with van der Waals surface area (Å²) in [6.45, 7) is 6.69. The van der Waals surface area contributed by atoms with Gasteiger partial charge in [0.1, 0.15) is 5.69 Å². The van der Waals surface area contributed by atoms with Gasteiger partial charge in [-0.1, -0.05) is 32.0 Å². The molecule has 0 saturated carbocycles. The van der Waals surface area contributed by atoms with Gasteiger partial charge in [0.25, 0.3) is 11.8 Å². The number of hydrogen-bond donors (Lipinski definition) is 0. The number of rotatable bonds is 4. The summed E-state index contributed by atoms with van der Waals surface area (Å²) in [6.07, 6.45) is -4.45. The van der Waals surface area contributed by atoms with Crippen molar-refractivity contribution < 1.29 is 22.8 Å². The van der Waals surface area contributed by atoms with E-state index in [2.05, 4.69) is 18.9 Å². The number of halogens is 3. The van der Waals surface area contributed by atoms with Gasteiger partial charge in [-0.2, -0.15) is 18.3 Å². The lowest BCUT2D eigenvalue weighted by Gasteiger charge is -2.47. The third-order valence-electron chi connectivity index (χ3n) is 6.77. The van der Waals surface area contributed by atoms with Gasteiger partial charge in [-0.15, -0.1) is 0 Å². The molecular formula is C26H25F3N4O2. The Balaban J connectivity index is 1.37. The molecule has 1 saturated heterocycles. The van der Waals surface area contributed by atoms with Gasteiger partial charge in [0.15, 0.2) is 0 Å². The Labute approximate surface area is 200 Å². The first-order valence-corrected chi connectivity index (χ1v) is 11.5. The largest absolute Gasteiger partial charge is 0.416 e. The fraction of sp³-hybridized carbons (Fsp3) is 0.346. The molecule has 0 spiro atoms. The SMILES string of the molecule is Cc1nn(-c2ccccc2)c2c1C(C(C)C)N(C1CN(C(=O)c3ccc(C(F)(F)F)cc3)C1)C2=O. The van der Waals surface area contributed by atoms with E-state index in [1.165, 1.54) is 12.1 Å². The maximum Gasteiger partial charge on any atom is 0.416 e. The zero-order valence-electron chi connectivity index (χ0n) is 19.6. The van der Waals surface area contributed by atoms with E-state index < -0.39 is 11.7 Å². The highest BCUT2D eigenvalue weighted by molar-refractivity contribution is 5.99. The lowest BCUT2D eigenvalue weighted by molar-refractivity contribution is -0.137. The molecule has 3 aromatic rings. The van der Waals surface area contributed by atoms with Crippen LogP contribution in [0.25, 0.3) is 5.69 Å². The Kier molecular flexibility index (Phi) is 5.45. The van der Waals surface area contributed by atoms with Crippen molar-refractivity contribution in [2.75, 3.05) is 13.1 Å². The molecule has 1 fully saturated rings. The van der Waals surface area contributed by atoms with Crippen molar-refractivity contribution in [1.29, 1.82) is 0 Å². The van der Waals surface area contributed by atoms with Crippen LogP contribution in [0.5, 0.6) is 0 Å². The van der Waals surface area contributed by atoms with Crippen LogP contribution in [0, 0.1) is 12.8 Å². The van der Waals surface area contributed by atoms with Crippen molar-refractivity contribution in [3.8, 4) is 5.69 Å². The molecule has 1 unspecified atom stereocenters. The normalized spacial score (nSPS) is 18.3. The number of carbonyl (C=O) groups is 2. The number of aromatic nitrogens is 2. The number of carbonyl (C=O) groups excluding carboxylic acids is 2. The van der Waals surface area contributed by atoms with E-state index in [1.54, 1.807) is 9.58 Å². The monoisotopic (exact) mass is 482 g/mol. The van der Waals surface area contributed by atoms with Gasteiger partial charge in [0, 0.05) is 24.2 Å². The predicted octanol–water partition coefficient (Wildman–Crippen LogP) is 4.88. The quantitative estimate of drug-likeness (QED) is 0.533. The number of aryl methyl sites for hydroxylation is 1. The topological polar surface area (TPSA) is 58.4 Å². The minimum Gasteiger partial charge on any atom is -0.334 e. The van der Waals surface area contributed by atoms with Crippen LogP contribution in [0.2, 0.25) is 0 Å². The first kappa shape index (κ1) is 23.1. The molecule has 5 rings (SSSR count). The van der Waals surface area contributed by atoms with E-state index >= 15 is 0 Å². The van der Waals surface area contributed by atoms with Crippen LogP contribution in [0.1, 0.15) is 57.6 Å². The Morgan fingerprint density at radius 3 is 2.23 bits per heavy atom. The number of hydrogen-bond acceptors (Lipinski definition) is 3. The molecule has 0 N–H and O–H groups in total. The average Bonchev–Trinajstić information content (AvgIpc) is 3.28. The zero-order chi connectivity index (χ0) is 25.1. The number of para-hydroxylation sites is 1. The van der Waals surface area contributed by atoms with Crippen molar-refractivity contribution in [3.05, 3.63) is 82.7 Å². The lowest BCUT2D eigenvalue weighted by Crippen LogP contribution is -2.62. The first-order chi connectivity index (χ1) is 16.6. The van der Waals surface area contributed by atoms with Crippen LogP contribution < -0.4 is 0 Å². The molecule has 182 valence electrons. The fourth-order valence-electron chi connectivity index (χ4n) is 5.07. The van der Waals surface area contributed by atoms with Crippen LogP contribution in [-0.4, -0.2) is 50.5 Å². The third kappa shape index (κ3) is 3.79. The second-order valence-electron chi connectivity index (χ2n) is 9.44. The molecule has 0 aliphatic carbocycles. The Morgan fingerprint density at radius 2 is 1.66 bits per heavy atom. The highest BCUT2D eigenvalue weighted by atomic mass is 19.4. The molecule has 1 atom stereocenters. The van der Waals surface area contributed by atoms with E-state index in [-0.39, 0.29) is 35.4 Å². The van der Waals surface area contributed by atoms with Crippen LogP contribution >= 0.6 is 0 Å². The van der Waals surface area contributed by atoms with E-state index in [1.807, 2.05) is 42.2 Å². The second-order valence-corrected chi connectivity index (χ2v) is 9.44. The van der Waals surface area contributed by atoms with Crippen LogP contribution in [0.4, 0.5) is 13.2 Å². The summed E-state index contributed by atoms with van der Waals surface area (Å²) in [7, 11) is 0. The molecule has 0 radical (unpaired) electrons. The smallest absolute Gasteiger partial charge is 0.334 e. The number of amides is 2. The Hall–Kier alpha value is -3.62. The molecule has 35 heavy (non-hydrogen) atoms. The summed E-state index contributed by atoms with van der Waals surface area (Å²) >= 11 is 0. The maximum atomic E-state index is 13.7. The molecule has 2 aliphatic heterocycles. The van der Waals surface area contributed by atoms with Gasteiger partial charge in [-0.25, -0.2) is 4.68 Å². The number of fused-ring (bicyclic) bond motifs is 1. The second kappa shape index (κ2) is 8.25. The molecule has 2 aromatic carbocycles. The van der Waals surface area contributed by atoms with Crippen molar-refractivity contribution in [3.63, 3.8) is 0 Å². The van der Waals surface area contributed by atoms with Crippen LogP contribution in [0.15, 0.2) is 54.6 Å². The van der Waals surface area contributed by atoms with Gasteiger partial charge in [-0.3, -0.25) is 9.59 Å². The van der Waals surface area contributed by atoms with Crippen molar-refractivity contribution in [2.45, 2.75) is 39.0 Å². The van der Waals surface area contributed by atoms with Crippen LogP contribution in [-0.2, 0) is 6.18 Å². The van der Waals surface area contributed by atoms with Gasteiger partial charge in [0.05, 0.1) is 29.0 Å². The minimum absolute atomic E-state index is 0.116. The summed E-state index contributed by atoms with van der Waals surface area (Å²) in [5.41, 5.74) is 2.49. The Morgan fingerprint density at radius 1 is 1.03 bits per heavy atom.